The Morgan fingerprint density at radius 1 is 0.424 bits per heavy atom. The molecular formula is C99H136N22O18. The molecule has 2 saturated carbocycles. The molecule has 6 aliphatic rings. The Morgan fingerprint density at radius 2 is 0.799 bits per heavy atom. The molecule has 14 amide bonds. The fourth-order valence-corrected chi connectivity index (χ4v) is 19.1. The smallest absolute Gasteiger partial charge is 0.306 e. The Balaban J connectivity index is 0.000000266. The summed E-state index contributed by atoms with van der Waals surface area (Å²) in [5, 5.41) is 45.3. The molecule has 40 heteroatoms. The van der Waals surface area contributed by atoms with Crippen molar-refractivity contribution < 1.29 is 86.6 Å². The second kappa shape index (κ2) is 53.7. The maximum Gasteiger partial charge on any atom is 0.306 e. The second-order valence-electron chi connectivity index (χ2n) is 36.8. The number of carbonyl (C=O) groups is 16. The van der Waals surface area contributed by atoms with Gasteiger partial charge in [-0.1, -0.05) is 161 Å². The summed E-state index contributed by atoms with van der Waals surface area (Å²) in [6, 6.07) is 19.6. The molecule has 6 fully saturated rings. The number of rotatable bonds is 32. The van der Waals surface area contributed by atoms with Gasteiger partial charge in [0.25, 0.3) is 0 Å². The lowest BCUT2D eigenvalue weighted by atomic mass is 9.84. The molecule has 0 bridgehead atoms. The van der Waals surface area contributed by atoms with Crippen molar-refractivity contribution in [1.29, 1.82) is 0 Å². The summed E-state index contributed by atoms with van der Waals surface area (Å²) in [6.45, 7) is 0.780. The number of benzene rings is 4. The summed E-state index contributed by atoms with van der Waals surface area (Å²) >= 11 is 0. The van der Waals surface area contributed by atoms with Crippen LogP contribution in [0, 0.1) is 11.8 Å². The van der Waals surface area contributed by atoms with Gasteiger partial charge in [-0.15, -0.1) is 0 Å². The van der Waals surface area contributed by atoms with E-state index in [1.807, 2.05) is 54.6 Å². The number of nitrogens with zero attached hydrogens (tertiary/aromatic N) is 4. The molecule has 4 saturated heterocycles. The van der Waals surface area contributed by atoms with Crippen LogP contribution in [0.15, 0.2) is 132 Å². The fourth-order valence-electron chi connectivity index (χ4n) is 19.1. The van der Waals surface area contributed by atoms with Crippen LogP contribution in [-0.4, -0.2) is 250 Å². The zero-order valence-electron chi connectivity index (χ0n) is 79.0. The number of para-hydroxylation sites is 2. The van der Waals surface area contributed by atoms with Gasteiger partial charge >= 0.3 is 11.9 Å². The number of hydrogen-bond acceptors (Lipinski definition) is 19. The number of nitrogens with two attached hydrogens (primary N) is 4. The van der Waals surface area contributed by atoms with Crippen LogP contribution in [0.25, 0.3) is 21.8 Å². The number of H-pyrrole nitrogens is 2. The van der Waals surface area contributed by atoms with Crippen LogP contribution in [0.3, 0.4) is 0 Å². The zero-order chi connectivity index (χ0) is 99.3. The number of nitrogens with one attached hydrogen (secondary N) is 14. The Hall–Kier alpha value is -14.0. The number of amides is 14. The normalized spacial score (nSPS) is 22.6. The number of aliphatic carboxylic acids is 1. The Morgan fingerprint density at radius 3 is 1.19 bits per heavy atom. The lowest BCUT2D eigenvalue weighted by molar-refractivity contribution is -0.143. The summed E-state index contributed by atoms with van der Waals surface area (Å²) in [5.41, 5.74) is 26.8. The first kappa shape index (κ1) is 105. The van der Waals surface area contributed by atoms with Gasteiger partial charge in [-0.2, -0.15) is 0 Å². The van der Waals surface area contributed by atoms with E-state index in [4.69, 9.17) is 22.9 Å². The number of carbonyl (C=O) groups excluding carboxylic acids is 15. The molecule has 139 heavy (non-hydrogen) atoms. The highest BCUT2D eigenvalue weighted by molar-refractivity contribution is 6.01. The molecule has 4 aromatic carbocycles. The van der Waals surface area contributed by atoms with Gasteiger partial charge in [0, 0.05) is 112 Å². The van der Waals surface area contributed by atoms with Gasteiger partial charge in [0.2, 0.25) is 82.7 Å². The van der Waals surface area contributed by atoms with Gasteiger partial charge in [-0.25, -0.2) is 0 Å². The van der Waals surface area contributed by atoms with Crippen molar-refractivity contribution >= 4 is 128 Å². The van der Waals surface area contributed by atoms with Crippen molar-refractivity contribution in [3.63, 3.8) is 0 Å². The van der Waals surface area contributed by atoms with Crippen molar-refractivity contribution in [3.05, 3.63) is 144 Å². The molecule has 4 aliphatic heterocycles. The number of methoxy groups -OCH3 is 1. The van der Waals surface area contributed by atoms with Gasteiger partial charge in [0.1, 0.15) is 72.5 Å². The minimum Gasteiger partial charge on any atom is -0.481 e. The first-order valence-corrected chi connectivity index (χ1v) is 48.8. The third kappa shape index (κ3) is 32.6. The molecule has 12 atom stereocenters. The van der Waals surface area contributed by atoms with E-state index >= 15 is 0 Å². The molecule has 23 N–H and O–H groups in total. The average molecular weight is 1920 g/mol. The Labute approximate surface area is 807 Å². The van der Waals surface area contributed by atoms with Gasteiger partial charge in [-0.05, 0) is 136 Å². The van der Waals surface area contributed by atoms with Crippen LogP contribution in [-0.2, 0) is 107 Å². The molecule has 6 aromatic rings. The lowest BCUT2D eigenvalue weighted by Gasteiger charge is -2.32. The molecule has 12 rings (SSSR count). The van der Waals surface area contributed by atoms with Gasteiger partial charge < -0.3 is 116 Å². The number of aliphatic imine (C=N–C) groups is 2. The highest BCUT2D eigenvalue weighted by Crippen LogP contribution is 2.32. The van der Waals surface area contributed by atoms with E-state index in [-0.39, 0.29) is 146 Å². The van der Waals surface area contributed by atoms with E-state index in [1.165, 1.54) is 16.9 Å². The van der Waals surface area contributed by atoms with Crippen LogP contribution in [0.4, 0.5) is 0 Å². The number of fused-ring (bicyclic) bond motifs is 4. The van der Waals surface area contributed by atoms with Crippen LogP contribution < -0.4 is 86.7 Å². The van der Waals surface area contributed by atoms with Crippen molar-refractivity contribution in [3.8, 4) is 0 Å². The second-order valence-corrected chi connectivity index (χ2v) is 36.8. The van der Waals surface area contributed by atoms with Gasteiger partial charge in [0.15, 0.2) is 11.9 Å². The summed E-state index contributed by atoms with van der Waals surface area (Å²) in [6.07, 6.45) is 15.4. The number of ether oxygens (including phenoxy) is 1. The molecular weight excluding hydrogens is 1790 g/mol. The fraction of sp³-hybridized carbons (Fsp3) is 0.535. The summed E-state index contributed by atoms with van der Waals surface area (Å²) in [4.78, 5) is 240. The minimum atomic E-state index is -1.22. The van der Waals surface area contributed by atoms with E-state index in [1.54, 1.807) is 67.0 Å². The molecule has 40 nitrogen and oxygen atoms in total. The first-order valence-electron chi connectivity index (χ1n) is 48.8. The van der Waals surface area contributed by atoms with Crippen LogP contribution in [0.5, 0.6) is 0 Å². The third-order valence-electron chi connectivity index (χ3n) is 26.5. The predicted octanol–water partition coefficient (Wildman–Crippen LogP) is 2.42. The third-order valence-corrected chi connectivity index (χ3v) is 26.5. The standard InChI is InChI=1S/C50H69N11O9.C49H67N11O9/c1-70-43(63)23-22-42(62)56-38(27-31-13-4-2-5-14-31)45(65)58-37-20-11-24-53-44(64)36(19-10-25-54-50(51)52)57-47(67)40(29-33-30-55-35-18-9-8-17-34(33)35)59-46(66)39(28-32-15-6-3-7-16-32)60-48(68)41-21-12-26-61(41)49(37)69;50-49(51)53-24-9-18-35-43(64)52-23-10-19-36(57-44(65)37(26-30-12-3-1-4-13-30)55-41(61)21-22-42(62)63)48(69)60-25-11-20-40(60)47(68)59-38(27-31-14-5-2-6-15-31)45(66)58-39(46(67)56-35)28-32-29-54-34-17-8-7-16-33(32)34/h2,4-5,8-9,13-14,17-18,30,32,36-41,55H,3,6-7,10-12,15-16,19-29H2,1H3,(H,53,64)(H,56,62)(H,57,67)(H,58,65)(H,59,66)(H,60,68)(H4,51,52,54);1,3-4,7-8,12-13,16-17,29,31,35-40,54H,2,5-6,9-11,14-15,18-28H2,(H,52,64)(H,55,61)(H,56,67)(H,57,65)(H,58,66)(H,59,68)(H,62,63)(H4,50,51,53)/t36-,37-,38-,39+,40-,41-;35-,36-,37-,38+,39-,40-/m00/s1. The Bertz CT molecular complexity index is 5280. The molecule has 0 radical (unpaired) electrons. The average Bonchev–Trinajstić information content (AvgIpc) is 1.78. The van der Waals surface area contributed by atoms with Gasteiger partial charge in [0.05, 0.1) is 20.0 Å². The number of guanidine groups is 2. The first-order chi connectivity index (χ1) is 67.0. The van der Waals surface area contributed by atoms with Crippen LogP contribution in [0.2, 0.25) is 0 Å². The SMILES string of the molecule is COC(=O)CCC(=O)N[C@@H](Cc1ccccc1)C(=O)N[C@H]1CCCNC(=O)[C@H](CCCN=C(N)N)NC(=O)[C@H](Cc2c[nH]c3ccccc23)NC(=O)[C@@H](CC2CCCCC2)NC(=O)[C@@H]2CCCN2C1=O.NC(N)=NCCC[C@@H]1NC(=O)[C@H](Cc2c[nH]c3ccccc23)NC(=O)[C@@H](CC2CCCCC2)NC(=O)[C@@H]2CCCN2C(=O)[C@@H](NC(=O)[C@H](Cc2ccccc2)NC(=O)CCC(=O)O)CCCNC1=O. The van der Waals surface area contributed by atoms with Crippen molar-refractivity contribution in [2.24, 2.45) is 44.8 Å². The van der Waals surface area contributed by atoms with E-state index in [0.717, 1.165) is 103 Å². The highest BCUT2D eigenvalue weighted by atomic mass is 16.5. The number of carboxylic acids is 1. The molecule has 750 valence electrons. The minimum absolute atomic E-state index is 0.00162. The molecule has 2 aliphatic carbocycles. The molecule has 6 heterocycles. The van der Waals surface area contributed by atoms with E-state index in [2.05, 4.69) is 88.5 Å². The van der Waals surface area contributed by atoms with Crippen LogP contribution >= 0.6 is 0 Å². The Kier molecular flexibility index (Phi) is 40.7. The molecule has 2 aromatic heterocycles. The van der Waals surface area contributed by atoms with Crippen molar-refractivity contribution in [2.45, 2.75) is 278 Å². The largest absolute Gasteiger partial charge is 0.481 e. The zero-order valence-corrected chi connectivity index (χ0v) is 79.0. The quantitative estimate of drug-likeness (QED) is 0.0125. The van der Waals surface area contributed by atoms with E-state index < -0.39 is 174 Å². The number of aromatic nitrogens is 2. The highest BCUT2D eigenvalue weighted by Gasteiger charge is 2.44. The predicted molar refractivity (Wildman–Crippen MR) is 518 cm³/mol. The molecule has 0 spiro atoms. The van der Waals surface area contributed by atoms with E-state index in [0.29, 0.717) is 56.9 Å². The van der Waals surface area contributed by atoms with Crippen LogP contribution in [0.1, 0.15) is 202 Å². The van der Waals surface area contributed by atoms with Crippen molar-refractivity contribution in [1.82, 2.24) is 83.6 Å². The number of esters is 1. The lowest BCUT2D eigenvalue weighted by Crippen LogP contribution is -2.60. The monoisotopic (exact) mass is 1920 g/mol. The van der Waals surface area contributed by atoms with Crippen molar-refractivity contribution in [2.75, 3.05) is 46.4 Å². The summed E-state index contributed by atoms with van der Waals surface area (Å²) in [5.74, 6) is -10.0. The topological polar surface area (TPSA) is 614 Å². The number of carboxylic acid groups (broad SMARTS) is 1. The number of aromatic amines is 2. The van der Waals surface area contributed by atoms with Gasteiger partial charge in [-0.3, -0.25) is 86.7 Å². The maximum absolute atomic E-state index is 14.8. The van der Waals surface area contributed by atoms with E-state index in [9.17, 15) is 81.8 Å². The number of hydrogen-bond donors (Lipinski definition) is 19. The summed E-state index contributed by atoms with van der Waals surface area (Å²) < 4.78 is 4.68. The molecule has 0 unspecified atom stereocenters. The summed E-state index contributed by atoms with van der Waals surface area (Å²) in [7, 11) is 1.21. The maximum atomic E-state index is 14.8.